The molecule has 166 valence electrons. The minimum atomic E-state index is -3.27. The van der Waals surface area contributed by atoms with Crippen molar-refractivity contribution in [3.05, 3.63) is 0 Å². The van der Waals surface area contributed by atoms with Gasteiger partial charge in [-0.2, -0.15) is 4.31 Å². The molecule has 0 bridgehead atoms. The van der Waals surface area contributed by atoms with Gasteiger partial charge in [0.1, 0.15) is 0 Å². The first-order chi connectivity index (χ1) is 13.4. The Hall–Kier alpha value is -0.940. The Morgan fingerprint density at radius 1 is 1.07 bits per heavy atom. The summed E-state index contributed by atoms with van der Waals surface area (Å²) < 4.78 is 42.1. The van der Waals surface area contributed by atoms with Crippen LogP contribution in [0.15, 0.2) is 4.99 Å². The highest BCUT2D eigenvalue weighted by molar-refractivity contribution is 7.89. The molecule has 0 atom stereocenters. The predicted octanol–water partition coefficient (Wildman–Crippen LogP) is 0.377. The fourth-order valence-electron chi connectivity index (χ4n) is 2.80. The summed E-state index contributed by atoms with van der Waals surface area (Å²) in [6.07, 6.45) is 1.99. The second kappa shape index (κ2) is 14.1. The molecular weight excluding hydrogens is 384 g/mol. The van der Waals surface area contributed by atoms with Crippen LogP contribution in [-0.4, -0.2) is 109 Å². The van der Waals surface area contributed by atoms with E-state index in [1.807, 2.05) is 13.8 Å². The number of nitrogens with one attached hydrogen (secondary N) is 1. The van der Waals surface area contributed by atoms with Crippen molar-refractivity contribution in [3.8, 4) is 0 Å². The minimum Gasteiger partial charge on any atom is -0.382 e. The summed E-state index contributed by atoms with van der Waals surface area (Å²) in [4.78, 5) is 6.42. The van der Waals surface area contributed by atoms with Gasteiger partial charge in [-0.25, -0.2) is 8.42 Å². The van der Waals surface area contributed by atoms with Crippen LogP contribution in [0.2, 0.25) is 0 Å². The van der Waals surface area contributed by atoms with Gasteiger partial charge in [0.15, 0.2) is 5.96 Å². The molecule has 0 radical (unpaired) electrons. The van der Waals surface area contributed by atoms with E-state index in [9.17, 15) is 8.42 Å². The lowest BCUT2D eigenvalue weighted by atomic mass is 10.3. The highest BCUT2D eigenvalue weighted by atomic mass is 32.2. The number of hydrogen-bond donors (Lipinski definition) is 1. The molecule has 1 saturated heterocycles. The van der Waals surface area contributed by atoms with Gasteiger partial charge >= 0.3 is 0 Å². The third-order valence-corrected chi connectivity index (χ3v) is 6.20. The van der Waals surface area contributed by atoms with Gasteiger partial charge in [-0.1, -0.05) is 0 Å². The topological polar surface area (TPSA) is 92.7 Å². The van der Waals surface area contributed by atoms with Gasteiger partial charge in [-0.3, -0.25) is 4.99 Å². The Labute approximate surface area is 170 Å². The van der Waals surface area contributed by atoms with Crippen LogP contribution in [0, 0.1) is 0 Å². The molecule has 1 aliphatic heterocycles. The number of sulfonamides is 1. The third kappa shape index (κ3) is 10.0. The number of guanidine groups is 1. The fourth-order valence-corrected chi connectivity index (χ4v) is 4.09. The van der Waals surface area contributed by atoms with Crippen LogP contribution in [0.1, 0.15) is 26.7 Å². The number of ether oxygens (including phenoxy) is 3. The number of hydrogen-bond acceptors (Lipinski definition) is 6. The first kappa shape index (κ1) is 25.1. The van der Waals surface area contributed by atoms with Crippen LogP contribution in [0.5, 0.6) is 0 Å². The first-order valence-corrected chi connectivity index (χ1v) is 11.6. The van der Waals surface area contributed by atoms with Crippen molar-refractivity contribution in [2.75, 3.05) is 79.1 Å². The molecule has 1 aliphatic rings. The molecule has 28 heavy (non-hydrogen) atoms. The first-order valence-electron chi connectivity index (χ1n) is 10.0. The Morgan fingerprint density at radius 3 is 2.39 bits per heavy atom. The van der Waals surface area contributed by atoms with E-state index in [2.05, 4.69) is 15.2 Å². The van der Waals surface area contributed by atoms with Gasteiger partial charge < -0.3 is 24.4 Å². The zero-order valence-corrected chi connectivity index (χ0v) is 18.7. The van der Waals surface area contributed by atoms with E-state index < -0.39 is 10.0 Å². The lowest BCUT2D eigenvalue weighted by Gasteiger charge is -2.35. The van der Waals surface area contributed by atoms with Gasteiger partial charge in [-0.15, -0.1) is 0 Å². The maximum atomic E-state index is 12.4. The highest BCUT2D eigenvalue weighted by Crippen LogP contribution is 2.09. The fraction of sp³-hybridized carbons (Fsp3) is 0.944. The van der Waals surface area contributed by atoms with E-state index in [1.54, 1.807) is 18.5 Å². The standard InChI is InChI=1S/C18H38N4O5S/c1-17(2)27-15-16-28(23,24)22-10-8-21(9-11-22)18(19-3)20-7-5-6-12-26-14-13-25-4/h17H,5-16H2,1-4H3,(H,19,20). The smallest absolute Gasteiger partial charge is 0.216 e. The van der Waals surface area contributed by atoms with E-state index in [1.165, 1.54) is 0 Å². The monoisotopic (exact) mass is 422 g/mol. The van der Waals surface area contributed by atoms with Crippen LogP contribution in [-0.2, 0) is 24.2 Å². The Bertz CT molecular complexity index is 534. The largest absolute Gasteiger partial charge is 0.382 e. The number of unbranched alkanes of at least 4 members (excludes halogenated alkanes) is 1. The van der Waals surface area contributed by atoms with Crippen molar-refractivity contribution in [2.45, 2.75) is 32.8 Å². The summed E-state index contributed by atoms with van der Waals surface area (Å²) >= 11 is 0. The summed E-state index contributed by atoms with van der Waals surface area (Å²) in [6.45, 7) is 9.02. The summed E-state index contributed by atoms with van der Waals surface area (Å²) in [5.74, 6) is 0.852. The average Bonchev–Trinajstić information content (AvgIpc) is 2.66. The van der Waals surface area contributed by atoms with Gasteiger partial charge in [0.05, 0.1) is 31.7 Å². The van der Waals surface area contributed by atoms with Crippen LogP contribution in [0.3, 0.4) is 0 Å². The maximum absolute atomic E-state index is 12.4. The quantitative estimate of drug-likeness (QED) is 0.261. The highest BCUT2D eigenvalue weighted by Gasteiger charge is 2.27. The van der Waals surface area contributed by atoms with Crippen molar-refractivity contribution in [2.24, 2.45) is 4.99 Å². The van der Waals surface area contributed by atoms with Crippen LogP contribution >= 0.6 is 0 Å². The minimum absolute atomic E-state index is 0.0323. The zero-order chi connectivity index (χ0) is 20.8. The predicted molar refractivity (Wildman–Crippen MR) is 111 cm³/mol. The van der Waals surface area contributed by atoms with E-state index in [4.69, 9.17) is 14.2 Å². The van der Waals surface area contributed by atoms with Crippen LogP contribution in [0.4, 0.5) is 0 Å². The molecule has 0 aromatic carbocycles. The molecule has 0 amide bonds. The van der Waals surface area contributed by atoms with Gasteiger partial charge in [0, 0.05) is 53.5 Å². The summed E-state index contributed by atoms with van der Waals surface area (Å²) in [7, 11) is 0.144. The van der Waals surface area contributed by atoms with Gasteiger partial charge in [0.2, 0.25) is 10.0 Å². The lowest BCUT2D eigenvalue weighted by molar-refractivity contribution is 0.0689. The van der Waals surface area contributed by atoms with Crippen molar-refractivity contribution in [3.63, 3.8) is 0 Å². The third-order valence-electron chi connectivity index (χ3n) is 4.37. The van der Waals surface area contributed by atoms with Crippen molar-refractivity contribution < 1.29 is 22.6 Å². The molecule has 0 aromatic rings. The second-order valence-electron chi connectivity index (χ2n) is 6.91. The molecular formula is C18H38N4O5S. The van der Waals surface area contributed by atoms with Gasteiger partial charge in [-0.05, 0) is 26.7 Å². The van der Waals surface area contributed by atoms with E-state index in [0.29, 0.717) is 39.4 Å². The van der Waals surface area contributed by atoms with E-state index in [-0.39, 0.29) is 18.5 Å². The number of nitrogens with zero attached hydrogens (tertiary/aromatic N) is 3. The molecule has 0 saturated carbocycles. The number of aliphatic imine (C=N–C) groups is 1. The van der Waals surface area contributed by atoms with E-state index >= 15 is 0 Å². The molecule has 10 heteroatoms. The molecule has 1 fully saturated rings. The Kier molecular flexibility index (Phi) is 12.6. The molecule has 1 N–H and O–H groups in total. The molecule has 0 spiro atoms. The van der Waals surface area contributed by atoms with Crippen molar-refractivity contribution >= 4 is 16.0 Å². The maximum Gasteiger partial charge on any atom is 0.216 e. The number of rotatable bonds is 13. The van der Waals surface area contributed by atoms with Crippen molar-refractivity contribution in [1.82, 2.24) is 14.5 Å². The van der Waals surface area contributed by atoms with E-state index in [0.717, 1.165) is 32.0 Å². The summed E-state index contributed by atoms with van der Waals surface area (Å²) in [6, 6.07) is 0. The Morgan fingerprint density at radius 2 is 1.79 bits per heavy atom. The lowest BCUT2D eigenvalue weighted by Crippen LogP contribution is -2.54. The summed E-state index contributed by atoms with van der Waals surface area (Å²) in [5.41, 5.74) is 0. The molecule has 1 heterocycles. The Balaban J connectivity index is 2.26. The number of methoxy groups -OCH3 is 1. The zero-order valence-electron chi connectivity index (χ0n) is 17.9. The SMILES string of the molecule is CN=C(NCCCCOCCOC)N1CCN(S(=O)(=O)CCOC(C)C)CC1. The molecule has 1 rings (SSSR count). The van der Waals surface area contributed by atoms with Gasteiger partial charge in [0.25, 0.3) is 0 Å². The normalized spacial score (nSPS) is 16.8. The molecule has 0 aromatic heterocycles. The van der Waals surface area contributed by atoms with Crippen LogP contribution < -0.4 is 5.32 Å². The molecule has 0 unspecified atom stereocenters. The average molecular weight is 423 g/mol. The van der Waals surface area contributed by atoms with Crippen molar-refractivity contribution in [1.29, 1.82) is 0 Å². The molecule has 0 aliphatic carbocycles. The number of piperazine rings is 1. The van der Waals surface area contributed by atoms with Crippen LogP contribution in [0.25, 0.3) is 0 Å². The molecule has 9 nitrogen and oxygen atoms in total. The summed E-state index contributed by atoms with van der Waals surface area (Å²) in [5, 5.41) is 3.35. The second-order valence-corrected chi connectivity index (χ2v) is 9.00.